The van der Waals surface area contributed by atoms with Crippen LogP contribution in [0.1, 0.15) is 19.8 Å². The van der Waals surface area contributed by atoms with Crippen molar-refractivity contribution in [1.29, 1.82) is 0 Å². The van der Waals surface area contributed by atoms with E-state index < -0.39 is 0 Å². The molecule has 2 rings (SSSR count). The summed E-state index contributed by atoms with van der Waals surface area (Å²) in [6.45, 7) is 3.68. The summed E-state index contributed by atoms with van der Waals surface area (Å²) in [7, 11) is 0. The monoisotopic (exact) mass is 111 g/mol. The van der Waals surface area contributed by atoms with Crippen molar-refractivity contribution in [2.75, 3.05) is 6.54 Å². The zero-order valence-electron chi connectivity index (χ0n) is 5.35. The van der Waals surface area contributed by atoms with Gasteiger partial charge in [-0.05, 0) is 31.2 Å². The van der Waals surface area contributed by atoms with E-state index in [0.717, 1.165) is 17.9 Å². The molecule has 1 nitrogen and oxygen atoms in total. The first-order valence-corrected chi connectivity index (χ1v) is 3.59. The SMILES string of the molecule is CC1CC2CC1CN2. The molecule has 1 saturated heterocycles. The quantitative estimate of drug-likeness (QED) is 0.492. The summed E-state index contributed by atoms with van der Waals surface area (Å²) in [6.07, 6.45) is 2.89. The van der Waals surface area contributed by atoms with E-state index in [0.29, 0.717) is 0 Å². The topological polar surface area (TPSA) is 12.0 Å². The lowest BCUT2D eigenvalue weighted by Crippen LogP contribution is -2.28. The third-order valence-electron chi connectivity index (χ3n) is 2.72. The molecule has 2 bridgehead atoms. The van der Waals surface area contributed by atoms with Crippen molar-refractivity contribution in [2.45, 2.75) is 25.8 Å². The minimum absolute atomic E-state index is 0.898. The van der Waals surface area contributed by atoms with Crippen molar-refractivity contribution in [3.05, 3.63) is 0 Å². The summed E-state index contributed by atoms with van der Waals surface area (Å²) in [5.41, 5.74) is 0. The van der Waals surface area contributed by atoms with E-state index in [1.54, 1.807) is 0 Å². The van der Waals surface area contributed by atoms with E-state index in [2.05, 4.69) is 12.2 Å². The Kier molecular flexibility index (Phi) is 0.884. The fourth-order valence-corrected chi connectivity index (χ4v) is 2.10. The Morgan fingerprint density at radius 2 is 2.25 bits per heavy atom. The molecule has 1 aliphatic heterocycles. The van der Waals surface area contributed by atoms with Crippen molar-refractivity contribution in [1.82, 2.24) is 5.32 Å². The highest BCUT2D eigenvalue weighted by atomic mass is 15.0. The molecule has 0 aromatic rings. The Hall–Kier alpha value is -0.0400. The van der Waals surface area contributed by atoms with Crippen molar-refractivity contribution in [2.24, 2.45) is 11.8 Å². The van der Waals surface area contributed by atoms with Gasteiger partial charge < -0.3 is 5.32 Å². The van der Waals surface area contributed by atoms with E-state index in [1.807, 2.05) is 0 Å². The van der Waals surface area contributed by atoms with Gasteiger partial charge in [-0.3, -0.25) is 0 Å². The molecule has 0 spiro atoms. The van der Waals surface area contributed by atoms with Crippen LogP contribution in [0.4, 0.5) is 0 Å². The molecule has 0 radical (unpaired) electrons. The Morgan fingerprint density at radius 3 is 2.50 bits per heavy atom. The second-order valence-corrected chi connectivity index (χ2v) is 3.31. The molecule has 2 aliphatic rings. The smallest absolute Gasteiger partial charge is 0.00730 e. The van der Waals surface area contributed by atoms with Gasteiger partial charge in [0.2, 0.25) is 0 Å². The molecular weight excluding hydrogens is 98.1 g/mol. The average Bonchev–Trinajstić information content (AvgIpc) is 2.23. The molecule has 3 unspecified atom stereocenters. The molecule has 1 aliphatic carbocycles. The summed E-state index contributed by atoms with van der Waals surface area (Å²) >= 11 is 0. The predicted octanol–water partition coefficient (Wildman–Crippen LogP) is 1.00. The highest BCUT2D eigenvalue weighted by Gasteiger charge is 2.36. The van der Waals surface area contributed by atoms with Gasteiger partial charge in [-0.25, -0.2) is 0 Å². The van der Waals surface area contributed by atoms with Crippen LogP contribution in [0.5, 0.6) is 0 Å². The van der Waals surface area contributed by atoms with E-state index in [-0.39, 0.29) is 0 Å². The molecule has 1 heteroatoms. The van der Waals surface area contributed by atoms with Crippen LogP contribution in [0.15, 0.2) is 0 Å². The zero-order chi connectivity index (χ0) is 5.56. The van der Waals surface area contributed by atoms with Crippen LogP contribution in [-0.2, 0) is 0 Å². The van der Waals surface area contributed by atoms with Crippen LogP contribution in [0.25, 0.3) is 0 Å². The summed E-state index contributed by atoms with van der Waals surface area (Å²) in [5.74, 6) is 2.04. The molecule has 8 heavy (non-hydrogen) atoms. The van der Waals surface area contributed by atoms with Crippen molar-refractivity contribution >= 4 is 0 Å². The van der Waals surface area contributed by atoms with Crippen molar-refractivity contribution in [3.8, 4) is 0 Å². The molecule has 1 N–H and O–H groups in total. The standard InChI is InChI=1S/C7H13N/c1-5-2-7-3-6(5)4-8-7/h5-8H,2-4H2,1H3. The van der Waals surface area contributed by atoms with Crippen LogP contribution in [-0.4, -0.2) is 12.6 Å². The molecule has 0 aromatic heterocycles. The van der Waals surface area contributed by atoms with Gasteiger partial charge in [0.15, 0.2) is 0 Å². The van der Waals surface area contributed by atoms with Gasteiger partial charge in [0, 0.05) is 6.04 Å². The molecule has 3 atom stereocenters. The molecule has 1 heterocycles. The summed E-state index contributed by atoms with van der Waals surface area (Å²) < 4.78 is 0. The van der Waals surface area contributed by atoms with Crippen molar-refractivity contribution in [3.63, 3.8) is 0 Å². The zero-order valence-corrected chi connectivity index (χ0v) is 5.35. The third-order valence-corrected chi connectivity index (χ3v) is 2.72. The number of nitrogens with one attached hydrogen (secondary N) is 1. The molecular formula is C7H13N. The van der Waals surface area contributed by atoms with Crippen LogP contribution in [0.3, 0.4) is 0 Å². The third kappa shape index (κ3) is 0.510. The molecule has 46 valence electrons. The molecule has 1 saturated carbocycles. The average molecular weight is 111 g/mol. The second-order valence-electron chi connectivity index (χ2n) is 3.31. The lowest BCUT2D eigenvalue weighted by Gasteiger charge is -2.16. The van der Waals surface area contributed by atoms with Crippen LogP contribution in [0.2, 0.25) is 0 Å². The lowest BCUT2D eigenvalue weighted by atomic mass is 9.98. The molecule has 2 fully saturated rings. The lowest BCUT2D eigenvalue weighted by molar-refractivity contribution is 0.379. The van der Waals surface area contributed by atoms with Gasteiger partial charge in [-0.15, -0.1) is 0 Å². The maximum Gasteiger partial charge on any atom is 0.00730 e. The van der Waals surface area contributed by atoms with Gasteiger partial charge in [0.1, 0.15) is 0 Å². The highest BCUT2D eigenvalue weighted by Crippen LogP contribution is 2.35. The minimum atomic E-state index is 0.898. The number of fused-ring (bicyclic) bond motifs is 2. The van der Waals surface area contributed by atoms with E-state index in [4.69, 9.17) is 0 Å². The Bertz CT molecular complexity index is 98.6. The van der Waals surface area contributed by atoms with Gasteiger partial charge in [0.05, 0.1) is 0 Å². The van der Waals surface area contributed by atoms with Crippen molar-refractivity contribution < 1.29 is 0 Å². The Balaban J connectivity index is 2.11. The summed E-state index contributed by atoms with van der Waals surface area (Å²) in [6, 6.07) is 0.898. The van der Waals surface area contributed by atoms with Crippen LogP contribution < -0.4 is 5.32 Å². The normalized spacial score (nSPS) is 52.9. The van der Waals surface area contributed by atoms with Gasteiger partial charge >= 0.3 is 0 Å². The highest BCUT2D eigenvalue weighted by molar-refractivity contribution is 4.92. The first-order valence-electron chi connectivity index (χ1n) is 3.59. The van der Waals surface area contributed by atoms with Gasteiger partial charge in [-0.2, -0.15) is 0 Å². The predicted molar refractivity (Wildman–Crippen MR) is 33.7 cm³/mol. The van der Waals surface area contributed by atoms with Gasteiger partial charge in [0.25, 0.3) is 0 Å². The maximum atomic E-state index is 3.49. The second kappa shape index (κ2) is 1.47. The fourth-order valence-electron chi connectivity index (χ4n) is 2.10. The Morgan fingerprint density at radius 1 is 1.38 bits per heavy atom. The maximum absolute atomic E-state index is 3.49. The molecule has 0 amide bonds. The fraction of sp³-hybridized carbons (Fsp3) is 1.00. The van der Waals surface area contributed by atoms with Crippen LogP contribution in [0, 0.1) is 11.8 Å². The number of rotatable bonds is 0. The van der Waals surface area contributed by atoms with E-state index in [1.165, 1.54) is 19.4 Å². The Labute approximate surface area is 50.5 Å². The largest absolute Gasteiger partial charge is 0.314 e. The first-order chi connectivity index (χ1) is 3.86. The first kappa shape index (κ1) is 4.80. The number of hydrogen-bond acceptors (Lipinski definition) is 1. The van der Waals surface area contributed by atoms with Gasteiger partial charge in [-0.1, -0.05) is 6.92 Å². The number of piperidine rings is 1. The van der Waals surface area contributed by atoms with E-state index in [9.17, 15) is 0 Å². The minimum Gasteiger partial charge on any atom is -0.314 e. The summed E-state index contributed by atoms with van der Waals surface area (Å²) in [4.78, 5) is 0. The van der Waals surface area contributed by atoms with E-state index >= 15 is 0 Å². The summed E-state index contributed by atoms with van der Waals surface area (Å²) in [5, 5.41) is 3.49. The molecule has 0 aromatic carbocycles. The van der Waals surface area contributed by atoms with Crippen LogP contribution >= 0.6 is 0 Å². The number of hydrogen-bond donors (Lipinski definition) is 1.